The van der Waals surface area contributed by atoms with Crippen molar-refractivity contribution in [1.29, 1.82) is 0 Å². The molecule has 5 nitrogen and oxygen atoms in total. The zero-order chi connectivity index (χ0) is 16.9. The standard InChI is InChI=1S/C16H24N2O3S2.ClH/c1-3-12-23(20,21)15-7-5-4-6-14(15)22-13(2)16(19)18-10-8-17-9-11-18;/h4-7,13,17H,3,8-12H2,1-2H3;1H. The summed E-state index contributed by atoms with van der Waals surface area (Å²) in [5.41, 5.74) is 0. The van der Waals surface area contributed by atoms with Crippen molar-refractivity contribution < 1.29 is 13.2 Å². The van der Waals surface area contributed by atoms with Gasteiger partial charge in [0.05, 0.1) is 15.9 Å². The van der Waals surface area contributed by atoms with Crippen molar-refractivity contribution in [2.24, 2.45) is 0 Å². The molecule has 0 aliphatic carbocycles. The van der Waals surface area contributed by atoms with Gasteiger partial charge in [-0.2, -0.15) is 0 Å². The first-order valence-electron chi connectivity index (χ1n) is 7.93. The Labute approximate surface area is 154 Å². The maximum absolute atomic E-state index is 12.5. The average Bonchev–Trinajstić information content (AvgIpc) is 2.55. The molecule has 1 aliphatic heterocycles. The van der Waals surface area contributed by atoms with Gasteiger partial charge in [0.15, 0.2) is 9.84 Å². The fraction of sp³-hybridized carbons (Fsp3) is 0.562. The summed E-state index contributed by atoms with van der Waals surface area (Å²) >= 11 is 1.33. The van der Waals surface area contributed by atoms with Crippen LogP contribution in [0.25, 0.3) is 0 Å². The van der Waals surface area contributed by atoms with Gasteiger partial charge in [-0.05, 0) is 25.5 Å². The summed E-state index contributed by atoms with van der Waals surface area (Å²) in [5.74, 6) is 0.198. The van der Waals surface area contributed by atoms with E-state index in [1.54, 1.807) is 18.2 Å². The number of amides is 1. The lowest BCUT2D eigenvalue weighted by Crippen LogP contribution is -2.48. The highest BCUT2D eigenvalue weighted by atomic mass is 35.5. The summed E-state index contributed by atoms with van der Waals surface area (Å²) in [6.07, 6.45) is 0.580. The number of hydrogen-bond acceptors (Lipinski definition) is 5. The molecule has 0 saturated carbocycles. The van der Waals surface area contributed by atoms with E-state index in [-0.39, 0.29) is 29.3 Å². The molecule has 1 amide bonds. The second-order valence-corrected chi connectivity index (χ2v) is 9.06. The number of rotatable bonds is 6. The van der Waals surface area contributed by atoms with E-state index < -0.39 is 9.84 Å². The Hall–Kier alpha value is -0.760. The van der Waals surface area contributed by atoms with E-state index in [4.69, 9.17) is 0 Å². The average molecular weight is 393 g/mol. The Morgan fingerprint density at radius 2 is 1.92 bits per heavy atom. The number of nitrogens with one attached hydrogen (secondary N) is 1. The van der Waals surface area contributed by atoms with Crippen LogP contribution >= 0.6 is 24.2 Å². The number of halogens is 1. The Balaban J connectivity index is 0.00000288. The van der Waals surface area contributed by atoms with Gasteiger partial charge in [0.2, 0.25) is 5.91 Å². The molecule has 24 heavy (non-hydrogen) atoms. The third kappa shape index (κ3) is 5.37. The minimum Gasteiger partial charge on any atom is -0.339 e. The quantitative estimate of drug-likeness (QED) is 0.752. The Morgan fingerprint density at radius 3 is 2.54 bits per heavy atom. The first kappa shape index (κ1) is 21.3. The number of hydrogen-bond donors (Lipinski definition) is 1. The van der Waals surface area contributed by atoms with Gasteiger partial charge < -0.3 is 10.2 Å². The van der Waals surface area contributed by atoms with E-state index in [9.17, 15) is 13.2 Å². The lowest BCUT2D eigenvalue weighted by Gasteiger charge is -2.29. The van der Waals surface area contributed by atoms with Gasteiger partial charge in [0, 0.05) is 31.1 Å². The molecule has 1 aromatic carbocycles. The van der Waals surface area contributed by atoms with Crippen LogP contribution in [0.5, 0.6) is 0 Å². The lowest BCUT2D eigenvalue weighted by atomic mass is 10.3. The van der Waals surface area contributed by atoms with Gasteiger partial charge in [0.25, 0.3) is 0 Å². The third-order valence-electron chi connectivity index (χ3n) is 3.74. The second kappa shape index (κ2) is 9.65. The maximum atomic E-state index is 12.5. The minimum absolute atomic E-state index is 0. The highest BCUT2D eigenvalue weighted by Gasteiger charge is 2.25. The number of piperazine rings is 1. The Kier molecular flexibility index (Phi) is 8.56. The molecule has 1 heterocycles. The SMILES string of the molecule is CCCS(=O)(=O)c1ccccc1SC(C)C(=O)N1CCNCC1.Cl. The van der Waals surface area contributed by atoms with Crippen LogP contribution in [0.3, 0.4) is 0 Å². The zero-order valence-electron chi connectivity index (χ0n) is 14.0. The Bertz CT molecular complexity index is 646. The lowest BCUT2D eigenvalue weighted by molar-refractivity contribution is -0.130. The summed E-state index contributed by atoms with van der Waals surface area (Å²) < 4.78 is 24.8. The molecule has 0 spiro atoms. The van der Waals surface area contributed by atoms with E-state index in [1.165, 1.54) is 11.8 Å². The molecule has 1 atom stereocenters. The molecule has 1 unspecified atom stereocenters. The fourth-order valence-electron chi connectivity index (χ4n) is 2.57. The number of sulfone groups is 1. The molecule has 1 N–H and O–H groups in total. The van der Waals surface area contributed by atoms with E-state index in [0.717, 1.165) is 13.1 Å². The molecule has 0 aromatic heterocycles. The monoisotopic (exact) mass is 392 g/mol. The predicted molar refractivity (Wildman–Crippen MR) is 101 cm³/mol. The normalized spacial score (nSPS) is 16.3. The summed E-state index contributed by atoms with van der Waals surface area (Å²) in [6, 6.07) is 6.97. The first-order chi connectivity index (χ1) is 11.0. The van der Waals surface area contributed by atoms with Crippen LogP contribution in [-0.2, 0) is 14.6 Å². The van der Waals surface area contributed by atoms with Gasteiger partial charge in [-0.25, -0.2) is 8.42 Å². The number of nitrogens with zero attached hydrogens (tertiary/aromatic N) is 1. The molecule has 1 saturated heterocycles. The van der Waals surface area contributed by atoms with Gasteiger partial charge in [-0.3, -0.25) is 4.79 Å². The zero-order valence-corrected chi connectivity index (χ0v) is 16.5. The number of thioether (sulfide) groups is 1. The third-order valence-corrected chi connectivity index (χ3v) is 7.00. The first-order valence-corrected chi connectivity index (χ1v) is 10.5. The minimum atomic E-state index is -3.29. The number of carbonyl (C=O) groups excluding carboxylic acids is 1. The number of benzene rings is 1. The van der Waals surface area contributed by atoms with Gasteiger partial charge in [-0.1, -0.05) is 19.1 Å². The van der Waals surface area contributed by atoms with E-state index in [1.807, 2.05) is 24.8 Å². The van der Waals surface area contributed by atoms with Gasteiger partial charge in [0.1, 0.15) is 0 Å². The van der Waals surface area contributed by atoms with Crippen LogP contribution in [0.15, 0.2) is 34.1 Å². The van der Waals surface area contributed by atoms with Crippen molar-refractivity contribution >= 4 is 39.9 Å². The molecular formula is C16H25ClN2O3S2. The predicted octanol–water partition coefficient (Wildman–Crippen LogP) is 2.20. The summed E-state index contributed by atoms with van der Waals surface area (Å²) in [7, 11) is -3.29. The summed E-state index contributed by atoms with van der Waals surface area (Å²) in [4.78, 5) is 15.4. The molecular weight excluding hydrogens is 368 g/mol. The second-order valence-electron chi connectivity index (χ2n) is 5.60. The van der Waals surface area contributed by atoms with Crippen LogP contribution < -0.4 is 5.32 Å². The smallest absolute Gasteiger partial charge is 0.235 e. The summed E-state index contributed by atoms with van der Waals surface area (Å²) in [6.45, 7) is 6.73. The van der Waals surface area contributed by atoms with Crippen LogP contribution in [0, 0.1) is 0 Å². The largest absolute Gasteiger partial charge is 0.339 e. The molecule has 8 heteroatoms. The van der Waals surface area contributed by atoms with Crippen molar-refractivity contribution in [1.82, 2.24) is 10.2 Å². The molecule has 1 fully saturated rings. The summed E-state index contributed by atoms with van der Waals surface area (Å²) in [5, 5.41) is 2.92. The topological polar surface area (TPSA) is 66.5 Å². The Morgan fingerprint density at radius 1 is 1.29 bits per heavy atom. The molecule has 1 aromatic rings. The molecule has 2 rings (SSSR count). The maximum Gasteiger partial charge on any atom is 0.235 e. The highest BCUT2D eigenvalue weighted by molar-refractivity contribution is 8.01. The van der Waals surface area contributed by atoms with Gasteiger partial charge in [-0.15, -0.1) is 24.2 Å². The highest BCUT2D eigenvalue weighted by Crippen LogP contribution is 2.31. The van der Waals surface area contributed by atoms with Crippen LogP contribution in [-0.4, -0.2) is 56.4 Å². The van der Waals surface area contributed by atoms with Crippen molar-refractivity contribution in [2.75, 3.05) is 31.9 Å². The molecule has 1 aliphatic rings. The van der Waals surface area contributed by atoms with E-state index >= 15 is 0 Å². The molecule has 0 bridgehead atoms. The van der Waals surface area contributed by atoms with E-state index in [2.05, 4.69) is 5.32 Å². The van der Waals surface area contributed by atoms with Crippen molar-refractivity contribution in [3.63, 3.8) is 0 Å². The van der Waals surface area contributed by atoms with Crippen LogP contribution in [0.2, 0.25) is 0 Å². The van der Waals surface area contributed by atoms with Gasteiger partial charge >= 0.3 is 0 Å². The van der Waals surface area contributed by atoms with Crippen LogP contribution in [0.1, 0.15) is 20.3 Å². The van der Waals surface area contributed by atoms with Crippen molar-refractivity contribution in [3.8, 4) is 0 Å². The molecule has 136 valence electrons. The van der Waals surface area contributed by atoms with E-state index in [0.29, 0.717) is 29.3 Å². The molecule has 0 radical (unpaired) electrons. The fourth-order valence-corrected chi connectivity index (χ4v) is 5.48. The number of carbonyl (C=O) groups is 1. The van der Waals surface area contributed by atoms with Crippen molar-refractivity contribution in [2.45, 2.75) is 35.3 Å². The van der Waals surface area contributed by atoms with Crippen molar-refractivity contribution in [3.05, 3.63) is 24.3 Å². The van der Waals surface area contributed by atoms with Crippen LogP contribution in [0.4, 0.5) is 0 Å².